The predicted molar refractivity (Wildman–Crippen MR) is 103 cm³/mol. The van der Waals surface area contributed by atoms with Crippen LogP contribution < -0.4 is 5.32 Å². The monoisotopic (exact) mass is 366 g/mol. The zero-order valence-corrected chi connectivity index (χ0v) is 16.0. The SMILES string of the molecule is CC(C)[C@H](O)C(=O)N[C@H]1C[C@@H](C)C[C@@H](c2ccc(C#N)c3nccnc23)C1. The molecule has 0 aliphatic heterocycles. The van der Waals surface area contributed by atoms with Crippen molar-refractivity contribution in [3.05, 3.63) is 35.7 Å². The molecule has 1 saturated carbocycles. The minimum absolute atomic E-state index is 0.0158. The fourth-order valence-corrected chi connectivity index (χ4v) is 4.06. The fourth-order valence-electron chi connectivity index (χ4n) is 4.06. The Morgan fingerprint density at radius 3 is 2.59 bits per heavy atom. The summed E-state index contributed by atoms with van der Waals surface area (Å²) in [5.41, 5.74) is 3.00. The van der Waals surface area contributed by atoms with Gasteiger partial charge in [0.25, 0.3) is 0 Å². The maximum absolute atomic E-state index is 12.3. The number of aliphatic hydroxyl groups is 1. The van der Waals surface area contributed by atoms with Gasteiger partial charge in [0.1, 0.15) is 17.7 Å². The summed E-state index contributed by atoms with van der Waals surface area (Å²) in [5.74, 6) is 0.252. The molecule has 1 aliphatic rings. The van der Waals surface area contributed by atoms with Gasteiger partial charge in [0, 0.05) is 18.4 Å². The number of fused-ring (bicyclic) bond motifs is 1. The van der Waals surface area contributed by atoms with Crippen LogP contribution in [0.25, 0.3) is 11.0 Å². The molecule has 1 fully saturated rings. The highest BCUT2D eigenvalue weighted by Crippen LogP contribution is 2.38. The van der Waals surface area contributed by atoms with Gasteiger partial charge in [-0.05, 0) is 48.6 Å². The summed E-state index contributed by atoms with van der Waals surface area (Å²) in [6.45, 7) is 5.85. The number of amides is 1. The Hall–Kier alpha value is -2.52. The first kappa shape index (κ1) is 19.2. The van der Waals surface area contributed by atoms with Gasteiger partial charge in [0.15, 0.2) is 0 Å². The molecule has 142 valence electrons. The molecule has 6 heteroatoms. The number of aliphatic hydroxyl groups excluding tert-OH is 1. The van der Waals surface area contributed by atoms with E-state index in [4.69, 9.17) is 0 Å². The third-order valence-electron chi connectivity index (χ3n) is 5.41. The lowest BCUT2D eigenvalue weighted by molar-refractivity contribution is -0.132. The van der Waals surface area contributed by atoms with Crippen LogP contribution in [0.1, 0.15) is 57.1 Å². The molecule has 4 atom stereocenters. The number of hydrogen-bond donors (Lipinski definition) is 2. The van der Waals surface area contributed by atoms with Crippen LogP contribution in [0.4, 0.5) is 0 Å². The third kappa shape index (κ3) is 4.09. The quantitative estimate of drug-likeness (QED) is 0.867. The molecule has 0 saturated heterocycles. The average Bonchev–Trinajstić information content (AvgIpc) is 2.65. The second kappa shape index (κ2) is 8.01. The Bertz CT molecular complexity index is 874. The number of carbonyl (C=O) groups excluding carboxylic acids is 1. The molecule has 0 radical (unpaired) electrons. The molecule has 0 bridgehead atoms. The summed E-state index contributed by atoms with van der Waals surface area (Å²) >= 11 is 0. The van der Waals surface area contributed by atoms with Gasteiger partial charge in [-0.25, -0.2) is 0 Å². The van der Waals surface area contributed by atoms with Crippen molar-refractivity contribution < 1.29 is 9.90 Å². The molecule has 1 amide bonds. The first-order chi connectivity index (χ1) is 12.9. The minimum atomic E-state index is -0.984. The van der Waals surface area contributed by atoms with Gasteiger partial charge in [0.05, 0.1) is 11.1 Å². The van der Waals surface area contributed by atoms with Gasteiger partial charge in [-0.3, -0.25) is 14.8 Å². The van der Waals surface area contributed by atoms with Crippen LogP contribution >= 0.6 is 0 Å². The fraction of sp³-hybridized carbons (Fsp3) is 0.524. The van der Waals surface area contributed by atoms with Crippen molar-refractivity contribution in [2.45, 2.75) is 58.1 Å². The van der Waals surface area contributed by atoms with Gasteiger partial charge >= 0.3 is 0 Å². The Morgan fingerprint density at radius 2 is 1.93 bits per heavy atom. The number of nitrogens with zero attached hydrogens (tertiary/aromatic N) is 3. The minimum Gasteiger partial charge on any atom is -0.383 e. The van der Waals surface area contributed by atoms with Gasteiger partial charge in [-0.1, -0.05) is 26.8 Å². The number of nitrogens with one attached hydrogen (secondary N) is 1. The Labute approximate surface area is 159 Å². The number of benzene rings is 1. The van der Waals surface area contributed by atoms with E-state index < -0.39 is 6.10 Å². The molecule has 27 heavy (non-hydrogen) atoms. The number of aromatic nitrogens is 2. The van der Waals surface area contributed by atoms with Gasteiger partial charge < -0.3 is 10.4 Å². The van der Waals surface area contributed by atoms with Crippen LogP contribution in [0, 0.1) is 23.2 Å². The lowest BCUT2D eigenvalue weighted by Crippen LogP contribution is -2.46. The topological polar surface area (TPSA) is 98.9 Å². The van der Waals surface area contributed by atoms with E-state index in [9.17, 15) is 15.2 Å². The predicted octanol–water partition coefficient (Wildman–Crippen LogP) is 2.91. The van der Waals surface area contributed by atoms with Crippen molar-refractivity contribution in [3.63, 3.8) is 0 Å². The second-order valence-electron chi connectivity index (χ2n) is 7.97. The van der Waals surface area contributed by atoms with Crippen LogP contribution in [-0.2, 0) is 4.79 Å². The van der Waals surface area contributed by atoms with Crippen LogP contribution in [0.3, 0.4) is 0 Å². The summed E-state index contributed by atoms with van der Waals surface area (Å²) < 4.78 is 0. The van der Waals surface area contributed by atoms with E-state index in [-0.39, 0.29) is 23.8 Å². The normalized spacial score (nSPS) is 23.8. The van der Waals surface area contributed by atoms with E-state index in [1.165, 1.54) is 0 Å². The highest BCUT2D eigenvalue weighted by atomic mass is 16.3. The summed E-state index contributed by atoms with van der Waals surface area (Å²) in [6, 6.07) is 5.97. The Morgan fingerprint density at radius 1 is 1.22 bits per heavy atom. The number of nitriles is 1. The summed E-state index contributed by atoms with van der Waals surface area (Å²) in [6.07, 6.45) is 4.95. The highest BCUT2D eigenvalue weighted by Gasteiger charge is 2.31. The van der Waals surface area contributed by atoms with E-state index in [2.05, 4.69) is 28.3 Å². The summed E-state index contributed by atoms with van der Waals surface area (Å²) in [4.78, 5) is 21.1. The van der Waals surface area contributed by atoms with E-state index in [0.717, 1.165) is 30.3 Å². The van der Waals surface area contributed by atoms with E-state index in [0.29, 0.717) is 17.0 Å². The van der Waals surface area contributed by atoms with Crippen molar-refractivity contribution in [1.29, 1.82) is 5.26 Å². The number of hydrogen-bond acceptors (Lipinski definition) is 5. The maximum Gasteiger partial charge on any atom is 0.249 e. The smallest absolute Gasteiger partial charge is 0.249 e. The molecule has 1 aromatic heterocycles. The number of carbonyl (C=O) groups is 1. The van der Waals surface area contributed by atoms with Crippen LogP contribution in [0.5, 0.6) is 0 Å². The Balaban J connectivity index is 1.86. The zero-order chi connectivity index (χ0) is 19.6. The number of rotatable bonds is 4. The molecule has 2 aromatic rings. The molecule has 1 heterocycles. The molecule has 1 aromatic carbocycles. The molecule has 6 nitrogen and oxygen atoms in total. The van der Waals surface area contributed by atoms with Gasteiger partial charge in [0.2, 0.25) is 5.91 Å². The van der Waals surface area contributed by atoms with E-state index in [1.807, 2.05) is 26.0 Å². The van der Waals surface area contributed by atoms with Crippen LogP contribution in [-0.4, -0.2) is 33.1 Å². The zero-order valence-electron chi connectivity index (χ0n) is 16.0. The summed E-state index contributed by atoms with van der Waals surface area (Å²) in [5, 5.41) is 22.4. The second-order valence-corrected chi connectivity index (χ2v) is 7.97. The molecule has 0 spiro atoms. The maximum atomic E-state index is 12.3. The van der Waals surface area contributed by atoms with Crippen molar-refractivity contribution >= 4 is 16.9 Å². The lowest BCUT2D eigenvalue weighted by atomic mass is 9.75. The Kier molecular flexibility index (Phi) is 5.71. The largest absolute Gasteiger partial charge is 0.383 e. The third-order valence-corrected chi connectivity index (χ3v) is 5.41. The van der Waals surface area contributed by atoms with Crippen LogP contribution in [0.2, 0.25) is 0 Å². The molecule has 3 rings (SSSR count). The molecular weight excluding hydrogens is 340 g/mol. The van der Waals surface area contributed by atoms with Crippen molar-refractivity contribution in [3.8, 4) is 6.07 Å². The van der Waals surface area contributed by atoms with Crippen molar-refractivity contribution in [1.82, 2.24) is 15.3 Å². The molecule has 1 aliphatic carbocycles. The van der Waals surface area contributed by atoms with Crippen molar-refractivity contribution in [2.24, 2.45) is 11.8 Å². The summed E-state index contributed by atoms with van der Waals surface area (Å²) in [7, 11) is 0. The molecular formula is C21H26N4O2. The molecule has 2 N–H and O–H groups in total. The highest BCUT2D eigenvalue weighted by molar-refractivity contribution is 5.84. The van der Waals surface area contributed by atoms with E-state index >= 15 is 0 Å². The lowest BCUT2D eigenvalue weighted by Gasteiger charge is -2.35. The van der Waals surface area contributed by atoms with E-state index in [1.54, 1.807) is 12.4 Å². The average molecular weight is 366 g/mol. The van der Waals surface area contributed by atoms with Gasteiger partial charge in [-0.2, -0.15) is 5.26 Å². The van der Waals surface area contributed by atoms with Crippen LogP contribution in [0.15, 0.2) is 24.5 Å². The standard InChI is InChI=1S/C21H26N4O2/c1-12(2)20(26)21(27)25-16-9-13(3)8-15(10-16)17-5-4-14(11-22)18-19(17)24-7-6-23-18/h4-7,12-13,15-16,20,26H,8-10H2,1-3H3,(H,25,27)/t13-,15+,16-,20-/m0/s1. The first-order valence-corrected chi connectivity index (χ1v) is 9.52. The first-order valence-electron chi connectivity index (χ1n) is 9.52. The van der Waals surface area contributed by atoms with Crippen molar-refractivity contribution in [2.75, 3.05) is 0 Å². The molecule has 0 unspecified atom stereocenters. The van der Waals surface area contributed by atoms with Gasteiger partial charge in [-0.15, -0.1) is 0 Å².